The van der Waals surface area contributed by atoms with Gasteiger partial charge in [0.25, 0.3) is 5.56 Å². The van der Waals surface area contributed by atoms with Crippen molar-refractivity contribution in [1.82, 2.24) is 19.4 Å². The Morgan fingerprint density at radius 2 is 1.89 bits per heavy atom. The predicted molar refractivity (Wildman–Crippen MR) is 134 cm³/mol. The molecule has 35 heavy (non-hydrogen) atoms. The standard InChI is InChI=1S/C26H26N4O4S/c1-17-21(28-20-8-4-3-7-19(20)27-17)15-29-10-9-22-25(26(32)33-2)23(14-24(31)30(22)12-11-29)34-16-18-6-5-13-35-18/h3-8,13-14H,9-12,15-16H2,1-2H3. The molecule has 0 saturated carbocycles. The van der Waals surface area contributed by atoms with E-state index in [1.807, 2.05) is 48.7 Å². The van der Waals surface area contributed by atoms with Crippen LogP contribution in [0.5, 0.6) is 5.75 Å². The molecular weight excluding hydrogens is 464 g/mol. The van der Waals surface area contributed by atoms with Gasteiger partial charge in [-0.1, -0.05) is 18.2 Å². The first kappa shape index (κ1) is 23.2. The molecule has 1 aliphatic rings. The van der Waals surface area contributed by atoms with Crippen molar-refractivity contribution in [3.05, 3.63) is 85.7 Å². The van der Waals surface area contributed by atoms with Crippen LogP contribution in [-0.4, -0.2) is 45.6 Å². The highest BCUT2D eigenvalue weighted by Crippen LogP contribution is 2.26. The average Bonchev–Trinajstić information content (AvgIpc) is 3.30. The number of esters is 1. The van der Waals surface area contributed by atoms with Gasteiger partial charge in [-0.15, -0.1) is 11.3 Å². The Morgan fingerprint density at radius 1 is 1.09 bits per heavy atom. The molecule has 4 aromatic rings. The van der Waals surface area contributed by atoms with Crippen molar-refractivity contribution >= 4 is 28.3 Å². The van der Waals surface area contributed by atoms with E-state index in [0.717, 1.165) is 27.3 Å². The Balaban J connectivity index is 1.42. The van der Waals surface area contributed by atoms with Crippen molar-refractivity contribution in [1.29, 1.82) is 0 Å². The van der Waals surface area contributed by atoms with Crippen LogP contribution in [0.1, 0.15) is 32.3 Å². The van der Waals surface area contributed by atoms with Crippen LogP contribution in [0.25, 0.3) is 11.0 Å². The van der Waals surface area contributed by atoms with Crippen LogP contribution in [0.15, 0.2) is 52.6 Å². The molecule has 0 fully saturated rings. The van der Waals surface area contributed by atoms with Gasteiger partial charge in [0.2, 0.25) is 0 Å². The number of hydrogen-bond acceptors (Lipinski definition) is 8. The molecular formula is C26H26N4O4S. The maximum absolute atomic E-state index is 13.0. The van der Waals surface area contributed by atoms with E-state index in [1.54, 1.807) is 15.9 Å². The van der Waals surface area contributed by atoms with Gasteiger partial charge in [0.05, 0.1) is 29.5 Å². The molecule has 0 unspecified atom stereocenters. The number of nitrogens with zero attached hydrogens (tertiary/aromatic N) is 4. The number of fused-ring (bicyclic) bond motifs is 2. The van der Waals surface area contributed by atoms with Gasteiger partial charge in [0.1, 0.15) is 17.9 Å². The molecule has 0 saturated heterocycles. The second kappa shape index (κ2) is 9.97. The summed E-state index contributed by atoms with van der Waals surface area (Å²) < 4.78 is 12.7. The number of benzene rings is 1. The van der Waals surface area contributed by atoms with E-state index >= 15 is 0 Å². The predicted octanol–water partition coefficient (Wildman–Crippen LogP) is 3.59. The minimum atomic E-state index is -0.500. The average molecular weight is 491 g/mol. The van der Waals surface area contributed by atoms with Crippen molar-refractivity contribution in [2.75, 3.05) is 20.2 Å². The van der Waals surface area contributed by atoms with E-state index in [9.17, 15) is 9.59 Å². The Labute approximate surface area is 206 Å². The molecule has 9 heteroatoms. The zero-order valence-electron chi connectivity index (χ0n) is 19.7. The summed E-state index contributed by atoms with van der Waals surface area (Å²) in [4.78, 5) is 38.6. The summed E-state index contributed by atoms with van der Waals surface area (Å²) >= 11 is 1.56. The number of aryl methyl sites for hydroxylation is 1. The van der Waals surface area contributed by atoms with E-state index in [-0.39, 0.29) is 17.9 Å². The maximum atomic E-state index is 13.0. The van der Waals surface area contributed by atoms with Crippen molar-refractivity contribution in [2.45, 2.75) is 33.0 Å². The third kappa shape index (κ3) is 4.82. The highest BCUT2D eigenvalue weighted by molar-refractivity contribution is 7.09. The molecule has 1 aliphatic heterocycles. The van der Waals surface area contributed by atoms with Crippen LogP contribution in [0, 0.1) is 6.92 Å². The van der Waals surface area contributed by atoms with Gasteiger partial charge >= 0.3 is 5.97 Å². The minimum Gasteiger partial charge on any atom is -0.487 e. The van der Waals surface area contributed by atoms with Crippen LogP contribution >= 0.6 is 11.3 Å². The Kier molecular flexibility index (Phi) is 6.61. The molecule has 5 rings (SSSR count). The molecule has 0 radical (unpaired) electrons. The molecule has 0 amide bonds. The lowest BCUT2D eigenvalue weighted by Gasteiger charge is -2.20. The summed E-state index contributed by atoms with van der Waals surface area (Å²) in [6.07, 6.45) is 0.510. The first-order valence-corrected chi connectivity index (χ1v) is 12.4. The number of carbonyl (C=O) groups is 1. The quantitative estimate of drug-likeness (QED) is 0.382. The highest BCUT2D eigenvalue weighted by Gasteiger charge is 2.26. The monoisotopic (exact) mass is 490 g/mol. The third-order valence-electron chi connectivity index (χ3n) is 6.24. The number of rotatable bonds is 6. The molecule has 0 aliphatic carbocycles. The van der Waals surface area contributed by atoms with Crippen molar-refractivity contribution in [2.24, 2.45) is 0 Å². The smallest absolute Gasteiger partial charge is 0.343 e. The van der Waals surface area contributed by atoms with Crippen molar-refractivity contribution in [3.63, 3.8) is 0 Å². The number of hydrogen-bond donors (Lipinski definition) is 0. The second-order valence-corrected chi connectivity index (χ2v) is 9.48. The van der Waals surface area contributed by atoms with Crippen LogP contribution in [0.2, 0.25) is 0 Å². The first-order chi connectivity index (χ1) is 17.0. The van der Waals surface area contributed by atoms with Crippen LogP contribution < -0.4 is 10.3 Å². The maximum Gasteiger partial charge on any atom is 0.343 e. The fourth-order valence-corrected chi connectivity index (χ4v) is 5.03. The molecule has 0 spiro atoms. The Morgan fingerprint density at radius 3 is 2.63 bits per heavy atom. The summed E-state index contributed by atoms with van der Waals surface area (Å²) in [6, 6.07) is 13.1. The number of pyridine rings is 1. The largest absolute Gasteiger partial charge is 0.487 e. The van der Waals surface area contributed by atoms with Gasteiger partial charge in [-0.3, -0.25) is 9.69 Å². The second-order valence-electron chi connectivity index (χ2n) is 8.45. The lowest BCUT2D eigenvalue weighted by atomic mass is 10.1. The van der Waals surface area contributed by atoms with Crippen LogP contribution in [-0.2, 0) is 30.9 Å². The van der Waals surface area contributed by atoms with E-state index in [2.05, 4.69) is 4.90 Å². The molecule has 0 N–H and O–H groups in total. The van der Waals surface area contributed by atoms with Crippen molar-refractivity contribution in [3.8, 4) is 5.75 Å². The van der Waals surface area contributed by atoms with E-state index in [1.165, 1.54) is 13.2 Å². The molecule has 0 bridgehead atoms. The number of thiophene rings is 1. The fraction of sp³-hybridized carbons (Fsp3) is 0.308. The zero-order chi connectivity index (χ0) is 24.4. The van der Waals surface area contributed by atoms with E-state index < -0.39 is 5.97 Å². The third-order valence-corrected chi connectivity index (χ3v) is 7.09. The topological polar surface area (TPSA) is 86.5 Å². The van der Waals surface area contributed by atoms with Gasteiger partial charge < -0.3 is 14.0 Å². The summed E-state index contributed by atoms with van der Waals surface area (Å²) in [6.45, 7) is 4.64. The lowest BCUT2D eigenvalue weighted by Crippen LogP contribution is -2.29. The minimum absolute atomic E-state index is 0.183. The number of methoxy groups -OCH3 is 1. The molecule has 0 atom stereocenters. The van der Waals surface area contributed by atoms with Gasteiger partial charge in [0, 0.05) is 49.2 Å². The number of aromatic nitrogens is 3. The normalized spacial score (nSPS) is 13.9. The molecule has 3 aromatic heterocycles. The first-order valence-electron chi connectivity index (χ1n) is 11.5. The van der Waals surface area contributed by atoms with Crippen LogP contribution in [0.4, 0.5) is 0 Å². The Bertz CT molecular complexity index is 1430. The molecule has 180 valence electrons. The molecule has 4 heterocycles. The number of ether oxygens (including phenoxy) is 2. The van der Waals surface area contributed by atoms with Crippen molar-refractivity contribution < 1.29 is 14.3 Å². The fourth-order valence-electron chi connectivity index (χ4n) is 4.42. The summed E-state index contributed by atoms with van der Waals surface area (Å²) in [5.41, 5.74) is 4.33. The van der Waals surface area contributed by atoms with E-state index in [0.29, 0.717) is 43.9 Å². The lowest BCUT2D eigenvalue weighted by molar-refractivity contribution is 0.0592. The Hall–Kier alpha value is -3.56. The zero-order valence-corrected chi connectivity index (χ0v) is 20.5. The summed E-state index contributed by atoms with van der Waals surface area (Å²) in [5, 5.41) is 1.96. The SMILES string of the molecule is COC(=O)c1c(OCc2cccs2)cc(=O)n2c1CCN(Cc1nc3ccccc3nc1C)CC2. The number of para-hydroxylation sites is 2. The highest BCUT2D eigenvalue weighted by atomic mass is 32.1. The summed E-state index contributed by atoms with van der Waals surface area (Å²) in [5.74, 6) is -0.231. The van der Waals surface area contributed by atoms with Gasteiger partial charge in [-0.05, 0) is 30.5 Å². The van der Waals surface area contributed by atoms with Gasteiger partial charge in [0.15, 0.2) is 0 Å². The molecule has 8 nitrogen and oxygen atoms in total. The van der Waals surface area contributed by atoms with E-state index in [4.69, 9.17) is 19.4 Å². The van der Waals surface area contributed by atoms with Crippen LogP contribution in [0.3, 0.4) is 0 Å². The van der Waals surface area contributed by atoms with Gasteiger partial charge in [-0.2, -0.15) is 0 Å². The van der Waals surface area contributed by atoms with Gasteiger partial charge in [-0.25, -0.2) is 14.8 Å². The molecule has 1 aromatic carbocycles. The number of carbonyl (C=O) groups excluding carboxylic acids is 1. The summed E-state index contributed by atoms with van der Waals surface area (Å²) in [7, 11) is 1.34.